The number of carbonyl (C=O) groups is 1. The molecule has 0 saturated carbocycles. The molecule has 0 N–H and O–H groups in total. The molecule has 1 aromatic carbocycles. The molecule has 1 nitrogen and oxygen atoms in total. The van der Waals surface area contributed by atoms with E-state index in [1.54, 1.807) is 19.1 Å². The van der Waals surface area contributed by atoms with Crippen LogP contribution in [0.1, 0.15) is 22.8 Å². The van der Waals surface area contributed by atoms with Crippen molar-refractivity contribution < 1.29 is 4.79 Å². The van der Waals surface area contributed by atoms with Crippen LogP contribution >= 0.6 is 0 Å². The van der Waals surface area contributed by atoms with E-state index in [4.69, 9.17) is 0 Å². The summed E-state index contributed by atoms with van der Waals surface area (Å²) in [7, 11) is 0. The van der Waals surface area contributed by atoms with Crippen molar-refractivity contribution in [3.05, 3.63) is 35.4 Å². The fraction of sp³-hybridized carbons (Fsp3) is 0.222. The van der Waals surface area contributed by atoms with Crippen molar-refractivity contribution in [1.29, 1.82) is 0 Å². The molecule has 0 aliphatic heterocycles. The van der Waals surface area contributed by atoms with E-state index in [-0.39, 0.29) is 5.78 Å². The Morgan fingerprint density at radius 3 is 2.70 bits per heavy atom. The quantitative estimate of drug-likeness (QED) is 0.535. The molecule has 0 amide bonds. The minimum Gasteiger partial charge on any atom is -0.295 e. The third-order valence-corrected chi connectivity index (χ3v) is 1.45. The van der Waals surface area contributed by atoms with E-state index < -0.39 is 0 Å². The first kappa shape index (κ1) is 7.00. The monoisotopic (exact) mass is 133 g/mol. The van der Waals surface area contributed by atoms with Gasteiger partial charge in [-0.05, 0) is 25.5 Å². The van der Waals surface area contributed by atoms with Crippen LogP contribution in [0.25, 0.3) is 0 Å². The SMILES string of the molecule is CC(=O)c1cc[c]cc1C. The van der Waals surface area contributed by atoms with Crippen molar-refractivity contribution in [3.8, 4) is 0 Å². The van der Waals surface area contributed by atoms with Crippen molar-refractivity contribution in [3.63, 3.8) is 0 Å². The van der Waals surface area contributed by atoms with Crippen LogP contribution < -0.4 is 0 Å². The van der Waals surface area contributed by atoms with Gasteiger partial charge in [0.25, 0.3) is 0 Å². The van der Waals surface area contributed by atoms with Crippen molar-refractivity contribution in [2.75, 3.05) is 0 Å². The van der Waals surface area contributed by atoms with Crippen LogP contribution in [-0.2, 0) is 0 Å². The topological polar surface area (TPSA) is 17.1 Å². The Kier molecular flexibility index (Phi) is 1.86. The van der Waals surface area contributed by atoms with Gasteiger partial charge in [-0.3, -0.25) is 4.79 Å². The van der Waals surface area contributed by atoms with Gasteiger partial charge in [0.1, 0.15) is 0 Å². The Morgan fingerprint density at radius 1 is 1.60 bits per heavy atom. The fourth-order valence-electron chi connectivity index (χ4n) is 0.909. The summed E-state index contributed by atoms with van der Waals surface area (Å²) in [4.78, 5) is 10.9. The van der Waals surface area contributed by atoms with Crippen molar-refractivity contribution in [1.82, 2.24) is 0 Å². The van der Waals surface area contributed by atoms with Crippen LogP contribution in [0.3, 0.4) is 0 Å². The third-order valence-electron chi connectivity index (χ3n) is 1.45. The van der Waals surface area contributed by atoms with E-state index >= 15 is 0 Å². The molecule has 0 fully saturated rings. The highest BCUT2D eigenvalue weighted by atomic mass is 16.1. The summed E-state index contributed by atoms with van der Waals surface area (Å²) < 4.78 is 0. The molecular formula is C9H9O. The van der Waals surface area contributed by atoms with Gasteiger partial charge in [0.05, 0.1) is 0 Å². The highest BCUT2D eigenvalue weighted by Gasteiger charge is 1.99. The maximum atomic E-state index is 10.9. The first-order valence-electron chi connectivity index (χ1n) is 3.19. The lowest BCUT2D eigenvalue weighted by atomic mass is 10.1. The van der Waals surface area contributed by atoms with Gasteiger partial charge in [0.15, 0.2) is 5.78 Å². The van der Waals surface area contributed by atoms with Crippen molar-refractivity contribution >= 4 is 5.78 Å². The van der Waals surface area contributed by atoms with E-state index in [9.17, 15) is 4.79 Å². The minimum atomic E-state index is 0.117. The molecule has 0 saturated heterocycles. The van der Waals surface area contributed by atoms with Gasteiger partial charge in [0.2, 0.25) is 0 Å². The molecule has 0 atom stereocenters. The van der Waals surface area contributed by atoms with Gasteiger partial charge in [-0.15, -0.1) is 0 Å². The van der Waals surface area contributed by atoms with Crippen molar-refractivity contribution in [2.24, 2.45) is 0 Å². The van der Waals surface area contributed by atoms with E-state index in [2.05, 4.69) is 6.07 Å². The number of hydrogen-bond acceptors (Lipinski definition) is 1. The Labute approximate surface area is 60.7 Å². The van der Waals surface area contributed by atoms with E-state index in [0.29, 0.717) is 0 Å². The van der Waals surface area contributed by atoms with Gasteiger partial charge in [-0.25, -0.2) is 0 Å². The summed E-state index contributed by atoms with van der Waals surface area (Å²) in [6.45, 7) is 3.48. The van der Waals surface area contributed by atoms with E-state index in [0.717, 1.165) is 11.1 Å². The Hall–Kier alpha value is -1.11. The molecule has 0 aliphatic rings. The van der Waals surface area contributed by atoms with Gasteiger partial charge in [-0.2, -0.15) is 0 Å². The van der Waals surface area contributed by atoms with Crippen LogP contribution in [0.15, 0.2) is 18.2 Å². The summed E-state index contributed by atoms with van der Waals surface area (Å²) in [5.41, 5.74) is 1.79. The molecule has 1 radical (unpaired) electrons. The number of carbonyl (C=O) groups excluding carboxylic acids is 1. The number of ketones is 1. The largest absolute Gasteiger partial charge is 0.295 e. The number of rotatable bonds is 1. The average Bonchev–Trinajstić information content (AvgIpc) is 1.88. The van der Waals surface area contributed by atoms with Crippen LogP contribution in [0.4, 0.5) is 0 Å². The van der Waals surface area contributed by atoms with Crippen LogP contribution in [0.2, 0.25) is 0 Å². The maximum Gasteiger partial charge on any atom is 0.160 e. The van der Waals surface area contributed by atoms with Crippen LogP contribution in [0, 0.1) is 13.0 Å². The highest BCUT2D eigenvalue weighted by molar-refractivity contribution is 5.95. The number of aryl methyl sites for hydroxylation is 1. The zero-order chi connectivity index (χ0) is 7.56. The molecule has 1 rings (SSSR count). The zero-order valence-electron chi connectivity index (χ0n) is 6.14. The van der Waals surface area contributed by atoms with Gasteiger partial charge >= 0.3 is 0 Å². The maximum absolute atomic E-state index is 10.9. The number of Topliss-reactive ketones (excluding diaryl/α,β-unsaturated/α-hetero) is 1. The van der Waals surface area contributed by atoms with Gasteiger partial charge in [-0.1, -0.05) is 18.2 Å². The lowest BCUT2D eigenvalue weighted by Gasteiger charge is -1.97. The second-order valence-corrected chi connectivity index (χ2v) is 2.30. The first-order valence-corrected chi connectivity index (χ1v) is 3.19. The summed E-state index contributed by atoms with van der Waals surface area (Å²) in [6, 6.07) is 8.26. The third kappa shape index (κ3) is 1.24. The Morgan fingerprint density at radius 2 is 2.30 bits per heavy atom. The standard InChI is InChI=1S/C9H9O/c1-7-5-3-4-6-9(7)8(2)10/h4-6H,1-2H3. The summed E-state index contributed by atoms with van der Waals surface area (Å²) in [6.07, 6.45) is 0. The smallest absolute Gasteiger partial charge is 0.160 e. The van der Waals surface area contributed by atoms with Crippen molar-refractivity contribution in [2.45, 2.75) is 13.8 Å². The number of benzene rings is 1. The molecule has 0 heterocycles. The zero-order valence-corrected chi connectivity index (χ0v) is 6.14. The van der Waals surface area contributed by atoms with E-state index in [1.165, 1.54) is 0 Å². The second-order valence-electron chi connectivity index (χ2n) is 2.30. The Bertz CT molecular complexity index is 251. The Balaban J connectivity index is 3.15. The molecule has 1 aromatic rings. The molecule has 0 aliphatic carbocycles. The number of hydrogen-bond donors (Lipinski definition) is 0. The molecule has 10 heavy (non-hydrogen) atoms. The fourth-order valence-corrected chi connectivity index (χ4v) is 0.909. The first-order chi connectivity index (χ1) is 4.72. The second kappa shape index (κ2) is 2.65. The summed E-state index contributed by atoms with van der Waals surface area (Å²) in [5, 5.41) is 0. The van der Waals surface area contributed by atoms with Gasteiger partial charge < -0.3 is 0 Å². The molecule has 0 aromatic heterocycles. The molecule has 0 spiro atoms. The summed E-state index contributed by atoms with van der Waals surface area (Å²) >= 11 is 0. The van der Waals surface area contributed by atoms with Crippen LogP contribution in [-0.4, -0.2) is 5.78 Å². The summed E-state index contributed by atoms with van der Waals surface area (Å²) in [5.74, 6) is 0.117. The molecule has 0 unspecified atom stereocenters. The lowest BCUT2D eigenvalue weighted by Crippen LogP contribution is -1.94. The lowest BCUT2D eigenvalue weighted by molar-refractivity contribution is 0.101. The predicted molar refractivity (Wildman–Crippen MR) is 40.0 cm³/mol. The normalized spacial score (nSPS) is 9.40. The molecule has 0 bridgehead atoms. The van der Waals surface area contributed by atoms with Crippen LogP contribution in [0.5, 0.6) is 0 Å². The molecule has 51 valence electrons. The minimum absolute atomic E-state index is 0.117. The highest BCUT2D eigenvalue weighted by Crippen LogP contribution is 2.05. The molecular weight excluding hydrogens is 124 g/mol. The average molecular weight is 133 g/mol. The molecule has 1 heteroatoms. The van der Waals surface area contributed by atoms with Gasteiger partial charge in [0, 0.05) is 5.56 Å². The predicted octanol–water partition coefficient (Wildman–Crippen LogP) is 2.00. The van der Waals surface area contributed by atoms with E-state index in [1.807, 2.05) is 13.0 Å².